The van der Waals surface area contributed by atoms with Crippen molar-refractivity contribution in [3.63, 3.8) is 0 Å². The minimum Gasteiger partial charge on any atom is -0.338 e. The summed E-state index contributed by atoms with van der Waals surface area (Å²) >= 11 is 3.36. The van der Waals surface area contributed by atoms with Gasteiger partial charge in [-0.15, -0.1) is 0 Å². The van der Waals surface area contributed by atoms with Gasteiger partial charge in [-0.1, -0.05) is 6.07 Å². The smallest absolute Gasteiger partial charge is 0.299 e. The third kappa shape index (κ3) is 2.37. The van der Waals surface area contributed by atoms with E-state index < -0.39 is 11.7 Å². The first-order valence-electron chi connectivity index (χ1n) is 6.98. The molecule has 1 fully saturated rings. The van der Waals surface area contributed by atoms with Crippen LogP contribution in [0.4, 0.5) is 5.69 Å². The Bertz CT molecular complexity index is 640. The van der Waals surface area contributed by atoms with Gasteiger partial charge in [-0.2, -0.15) is 0 Å². The summed E-state index contributed by atoms with van der Waals surface area (Å²) < 4.78 is 0.654. The van der Waals surface area contributed by atoms with E-state index in [9.17, 15) is 14.4 Å². The first kappa shape index (κ1) is 14.3. The van der Waals surface area contributed by atoms with E-state index in [2.05, 4.69) is 15.9 Å². The topological polar surface area (TPSA) is 57.7 Å². The predicted octanol–water partition coefficient (Wildman–Crippen LogP) is 1.99. The molecule has 0 spiro atoms. The summed E-state index contributed by atoms with van der Waals surface area (Å²) in [5.41, 5.74) is 0.865. The summed E-state index contributed by atoms with van der Waals surface area (Å²) in [6, 6.07) is 5.39. The van der Waals surface area contributed by atoms with Crippen molar-refractivity contribution < 1.29 is 14.4 Å². The first-order chi connectivity index (χ1) is 10.0. The second kappa shape index (κ2) is 5.26. The van der Waals surface area contributed by atoms with Gasteiger partial charge < -0.3 is 4.90 Å². The molecule has 6 heteroatoms. The fourth-order valence-electron chi connectivity index (χ4n) is 2.71. The van der Waals surface area contributed by atoms with Gasteiger partial charge in [0.05, 0.1) is 11.3 Å². The van der Waals surface area contributed by atoms with Crippen LogP contribution in [0.3, 0.4) is 0 Å². The van der Waals surface area contributed by atoms with Crippen molar-refractivity contribution in [3.05, 3.63) is 28.2 Å². The highest BCUT2D eigenvalue weighted by atomic mass is 79.9. The summed E-state index contributed by atoms with van der Waals surface area (Å²) in [5.74, 6) is -1.28. The zero-order valence-corrected chi connectivity index (χ0v) is 13.2. The molecule has 0 aromatic heterocycles. The molecule has 2 aliphatic rings. The Balaban J connectivity index is 1.88. The highest BCUT2D eigenvalue weighted by molar-refractivity contribution is 9.10. The summed E-state index contributed by atoms with van der Waals surface area (Å²) in [4.78, 5) is 39.6. The van der Waals surface area contributed by atoms with Gasteiger partial charge in [-0.25, -0.2) is 0 Å². The Morgan fingerprint density at radius 1 is 1.38 bits per heavy atom. The van der Waals surface area contributed by atoms with Crippen molar-refractivity contribution in [2.75, 3.05) is 18.0 Å². The van der Waals surface area contributed by atoms with Gasteiger partial charge in [0.1, 0.15) is 6.54 Å². The van der Waals surface area contributed by atoms with E-state index in [0.717, 1.165) is 12.8 Å². The lowest BCUT2D eigenvalue weighted by Crippen LogP contribution is -2.43. The summed E-state index contributed by atoms with van der Waals surface area (Å²) in [7, 11) is 0. The maximum absolute atomic E-state index is 12.4. The number of hydrogen-bond acceptors (Lipinski definition) is 3. The van der Waals surface area contributed by atoms with E-state index in [1.54, 1.807) is 23.1 Å². The van der Waals surface area contributed by atoms with E-state index >= 15 is 0 Å². The normalized spacial score (nSPS) is 17.1. The molecule has 110 valence electrons. The Morgan fingerprint density at radius 2 is 2.10 bits per heavy atom. The van der Waals surface area contributed by atoms with Crippen LogP contribution in [-0.2, 0) is 9.59 Å². The molecule has 0 bridgehead atoms. The summed E-state index contributed by atoms with van der Waals surface area (Å²) in [5, 5.41) is 0. The van der Waals surface area contributed by atoms with Gasteiger partial charge in [-0.3, -0.25) is 19.3 Å². The SMILES string of the molecule is CCN(C(=O)CN1C(=O)C(=O)c2cccc(Br)c21)C1CC1. The number of likely N-dealkylation sites (N-methyl/N-ethyl adjacent to an activating group) is 1. The van der Waals surface area contributed by atoms with Crippen molar-refractivity contribution in [2.24, 2.45) is 0 Å². The molecule has 0 radical (unpaired) electrons. The molecule has 0 N–H and O–H groups in total. The van der Waals surface area contributed by atoms with Crippen LogP contribution in [0.1, 0.15) is 30.1 Å². The number of nitrogens with zero attached hydrogens (tertiary/aromatic N) is 2. The number of rotatable bonds is 4. The lowest BCUT2D eigenvalue weighted by molar-refractivity contribution is -0.131. The van der Waals surface area contributed by atoms with Crippen LogP contribution < -0.4 is 4.90 Å². The number of hydrogen-bond donors (Lipinski definition) is 0. The van der Waals surface area contributed by atoms with Crippen molar-refractivity contribution in [2.45, 2.75) is 25.8 Å². The Morgan fingerprint density at radius 3 is 2.71 bits per heavy atom. The molecule has 0 atom stereocenters. The minimum absolute atomic E-state index is 0.0788. The van der Waals surface area contributed by atoms with E-state index in [1.165, 1.54) is 4.90 Å². The first-order valence-corrected chi connectivity index (χ1v) is 7.78. The van der Waals surface area contributed by atoms with Gasteiger partial charge in [0.15, 0.2) is 0 Å². The molecule has 1 aliphatic carbocycles. The lowest BCUT2D eigenvalue weighted by atomic mass is 10.1. The lowest BCUT2D eigenvalue weighted by Gasteiger charge is -2.24. The van der Waals surface area contributed by atoms with E-state index in [4.69, 9.17) is 0 Å². The molecule has 2 amide bonds. The number of fused-ring (bicyclic) bond motifs is 1. The monoisotopic (exact) mass is 350 g/mol. The number of benzene rings is 1. The van der Waals surface area contributed by atoms with Crippen LogP contribution in [0.15, 0.2) is 22.7 Å². The maximum Gasteiger partial charge on any atom is 0.299 e. The number of carbonyl (C=O) groups excluding carboxylic acids is 3. The number of amides is 2. The summed E-state index contributed by atoms with van der Waals surface area (Å²) in [6.45, 7) is 2.48. The van der Waals surface area contributed by atoms with Crippen LogP contribution in [0, 0.1) is 0 Å². The number of halogens is 1. The zero-order valence-electron chi connectivity index (χ0n) is 11.6. The fourth-order valence-corrected chi connectivity index (χ4v) is 3.29. The van der Waals surface area contributed by atoms with Crippen LogP contribution in [-0.4, -0.2) is 41.6 Å². The van der Waals surface area contributed by atoms with Crippen LogP contribution >= 0.6 is 15.9 Å². The molecule has 1 saturated carbocycles. The number of ketones is 1. The molecule has 1 aromatic carbocycles. The third-order valence-electron chi connectivity index (χ3n) is 3.88. The maximum atomic E-state index is 12.4. The van der Waals surface area contributed by atoms with Crippen LogP contribution in [0.25, 0.3) is 0 Å². The van der Waals surface area contributed by atoms with Crippen LogP contribution in [0.2, 0.25) is 0 Å². The number of anilines is 1. The zero-order chi connectivity index (χ0) is 15.1. The highest BCUT2D eigenvalue weighted by Crippen LogP contribution is 2.36. The molecule has 0 saturated heterocycles. The molecule has 0 unspecified atom stereocenters. The average Bonchev–Trinajstić information content (AvgIpc) is 3.25. The Hall–Kier alpha value is -1.69. The van der Waals surface area contributed by atoms with Crippen molar-refractivity contribution in [1.29, 1.82) is 0 Å². The number of carbonyl (C=O) groups is 3. The quantitative estimate of drug-likeness (QED) is 0.780. The minimum atomic E-state index is -0.628. The van der Waals surface area contributed by atoms with Crippen molar-refractivity contribution in [3.8, 4) is 0 Å². The van der Waals surface area contributed by atoms with Gasteiger partial charge in [-0.05, 0) is 47.8 Å². The Kier molecular flexibility index (Phi) is 3.57. The van der Waals surface area contributed by atoms with E-state index in [1.807, 2.05) is 6.92 Å². The van der Waals surface area contributed by atoms with Gasteiger partial charge in [0.2, 0.25) is 5.91 Å². The van der Waals surface area contributed by atoms with Gasteiger partial charge in [0.25, 0.3) is 11.7 Å². The second-order valence-corrected chi connectivity index (χ2v) is 6.12. The van der Waals surface area contributed by atoms with Crippen molar-refractivity contribution in [1.82, 2.24) is 4.90 Å². The van der Waals surface area contributed by atoms with Crippen LogP contribution in [0.5, 0.6) is 0 Å². The standard InChI is InChI=1S/C15H15BrN2O3/c1-2-17(9-6-7-9)12(19)8-18-13-10(14(20)15(18)21)4-3-5-11(13)16/h3-5,9H,2,6-8H2,1H3. The number of para-hydroxylation sites is 1. The molecular formula is C15H15BrN2O3. The number of Topliss-reactive ketones (excluding diaryl/α,β-unsaturated/α-hetero) is 1. The average molecular weight is 351 g/mol. The molecule has 5 nitrogen and oxygen atoms in total. The molecule has 21 heavy (non-hydrogen) atoms. The Labute approximate surface area is 131 Å². The molecule has 1 aliphatic heterocycles. The predicted molar refractivity (Wildman–Crippen MR) is 81.2 cm³/mol. The second-order valence-electron chi connectivity index (χ2n) is 5.27. The molecule has 1 heterocycles. The fraction of sp³-hybridized carbons (Fsp3) is 0.400. The van der Waals surface area contributed by atoms with Gasteiger partial charge in [0, 0.05) is 17.1 Å². The summed E-state index contributed by atoms with van der Waals surface area (Å²) in [6.07, 6.45) is 2.04. The van der Waals surface area contributed by atoms with E-state index in [-0.39, 0.29) is 12.5 Å². The third-order valence-corrected chi connectivity index (χ3v) is 4.52. The van der Waals surface area contributed by atoms with Crippen molar-refractivity contribution >= 4 is 39.2 Å². The highest BCUT2D eigenvalue weighted by Gasteiger charge is 2.40. The molecular weight excluding hydrogens is 336 g/mol. The van der Waals surface area contributed by atoms with Gasteiger partial charge >= 0.3 is 0 Å². The largest absolute Gasteiger partial charge is 0.338 e. The van der Waals surface area contributed by atoms with E-state index in [0.29, 0.717) is 28.3 Å². The molecule has 1 aromatic rings. The molecule has 3 rings (SSSR count).